The van der Waals surface area contributed by atoms with Crippen molar-refractivity contribution >= 4 is 5.91 Å². The lowest BCUT2D eigenvalue weighted by Gasteiger charge is -2.12. The summed E-state index contributed by atoms with van der Waals surface area (Å²) in [6, 6.07) is 3.65. The largest absolute Gasteiger partial charge is 0.497 e. The van der Waals surface area contributed by atoms with E-state index in [0.717, 1.165) is 11.1 Å². The molecule has 0 aliphatic carbocycles. The van der Waals surface area contributed by atoms with E-state index in [0.29, 0.717) is 17.2 Å². The van der Waals surface area contributed by atoms with E-state index >= 15 is 0 Å². The van der Waals surface area contributed by atoms with Crippen LogP contribution in [0.3, 0.4) is 0 Å². The van der Waals surface area contributed by atoms with Gasteiger partial charge in [-0.3, -0.25) is 4.79 Å². The van der Waals surface area contributed by atoms with E-state index in [4.69, 9.17) is 15.2 Å². The van der Waals surface area contributed by atoms with E-state index in [1.807, 2.05) is 13.0 Å². The normalized spacial score (nSPS) is 10.3. The van der Waals surface area contributed by atoms with Crippen LogP contribution >= 0.6 is 0 Å². The molecule has 0 saturated heterocycles. The number of hydrogen-bond donors (Lipinski definition) is 2. The minimum absolute atomic E-state index is 0.118. The summed E-state index contributed by atoms with van der Waals surface area (Å²) < 4.78 is 10.5. The van der Waals surface area contributed by atoms with Crippen LogP contribution in [0.4, 0.5) is 0 Å². The van der Waals surface area contributed by atoms with Crippen molar-refractivity contribution in [1.82, 2.24) is 9.97 Å². The molecule has 1 aromatic carbocycles. The predicted octanol–water partition coefficient (Wildman–Crippen LogP) is 1.50. The smallest absolute Gasteiger partial charge is 0.284 e. The zero-order valence-corrected chi connectivity index (χ0v) is 11.0. The molecule has 0 spiro atoms. The van der Waals surface area contributed by atoms with Gasteiger partial charge in [-0.2, -0.15) is 0 Å². The Bertz CT molecular complexity index is 620. The van der Waals surface area contributed by atoms with Crippen LogP contribution in [-0.2, 0) is 0 Å². The van der Waals surface area contributed by atoms with Crippen LogP contribution < -0.4 is 15.2 Å². The van der Waals surface area contributed by atoms with Gasteiger partial charge in [-0.25, -0.2) is 4.98 Å². The number of carbonyl (C=O) groups is 1. The Morgan fingerprint density at radius 3 is 2.58 bits per heavy atom. The molecule has 0 bridgehead atoms. The Labute approximate surface area is 110 Å². The van der Waals surface area contributed by atoms with Gasteiger partial charge in [-0.05, 0) is 18.6 Å². The molecule has 0 fully saturated rings. The van der Waals surface area contributed by atoms with Gasteiger partial charge in [0, 0.05) is 11.6 Å². The van der Waals surface area contributed by atoms with Gasteiger partial charge in [0.15, 0.2) is 5.82 Å². The third-order valence-electron chi connectivity index (χ3n) is 2.81. The predicted molar refractivity (Wildman–Crippen MR) is 70.4 cm³/mol. The van der Waals surface area contributed by atoms with Crippen LogP contribution in [0.1, 0.15) is 16.2 Å². The number of nitrogens with two attached hydrogens (primary N) is 1. The first-order valence-corrected chi connectivity index (χ1v) is 5.64. The molecule has 3 N–H and O–H groups in total. The van der Waals surface area contributed by atoms with E-state index in [1.54, 1.807) is 26.5 Å². The molecule has 0 aliphatic rings. The summed E-state index contributed by atoms with van der Waals surface area (Å²) in [6.07, 6.45) is 1.55. The number of nitrogens with one attached hydrogen (secondary N) is 1. The summed E-state index contributed by atoms with van der Waals surface area (Å²) in [5.74, 6) is 0.855. The number of hydrogen-bond acceptors (Lipinski definition) is 4. The molecule has 2 rings (SSSR count). The van der Waals surface area contributed by atoms with Crippen molar-refractivity contribution in [3.8, 4) is 22.8 Å². The van der Waals surface area contributed by atoms with Crippen LogP contribution in [0.25, 0.3) is 11.3 Å². The molecule has 100 valence electrons. The molecule has 6 nitrogen and oxygen atoms in total. The minimum atomic E-state index is -0.601. The number of imidazole rings is 1. The highest BCUT2D eigenvalue weighted by Gasteiger charge is 2.15. The standard InChI is InChI=1S/C13H15N3O3/c1-7-4-8(18-2)5-10(19-3)11(7)9-6-15-13(16-9)12(14)17/h4-6H,1-3H3,(H2,14,17)(H,15,16). The first-order chi connectivity index (χ1) is 9.06. The number of primary amides is 1. The third-order valence-corrected chi connectivity index (χ3v) is 2.81. The van der Waals surface area contributed by atoms with Gasteiger partial charge in [0.1, 0.15) is 11.5 Å². The number of aryl methyl sites for hydroxylation is 1. The average molecular weight is 261 g/mol. The lowest BCUT2D eigenvalue weighted by atomic mass is 10.0. The molecular weight excluding hydrogens is 246 g/mol. The molecule has 19 heavy (non-hydrogen) atoms. The van der Waals surface area contributed by atoms with E-state index in [1.165, 1.54) is 0 Å². The Morgan fingerprint density at radius 1 is 1.32 bits per heavy atom. The van der Waals surface area contributed by atoms with Crippen LogP contribution in [0, 0.1) is 6.92 Å². The van der Waals surface area contributed by atoms with Crippen molar-refractivity contribution in [1.29, 1.82) is 0 Å². The number of benzene rings is 1. The molecule has 1 heterocycles. The van der Waals surface area contributed by atoms with Gasteiger partial charge < -0.3 is 20.2 Å². The van der Waals surface area contributed by atoms with Crippen LogP contribution in [0.5, 0.6) is 11.5 Å². The van der Waals surface area contributed by atoms with E-state index in [9.17, 15) is 4.79 Å². The van der Waals surface area contributed by atoms with Gasteiger partial charge >= 0.3 is 0 Å². The fraction of sp³-hybridized carbons (Fsp3) is 0.231. The number of H-pyrrole nitrogens is 1. The number of ether oxygens (including phenoxy) is 2. The monoisotopic (exact) mass is 261 g/mol. The molecule has 0 saturated carbocycles. The minimum Gasteiger partial charge on any atom is -0.497 e. The molecular formula is C13H15N3O3. The summed E-state index contributed by atoms with van der Waals surface area (Å²) >= 11 is 0. The Hall–Kier alpha value is -2.50. The third kappa shape index (κ3) is 2.37. The number of aromatic nitrogens is 2. The summed E-state index contributed by atoms with van der Waals surface area (Å²) in [5.41, 5.74) is 7.61. The molecule has 0 unspecified atom stereocenters. The fourth-order valence-corrected chi connectivity index (χ4v) is 1.92. The molecule has 0 radical (unpaired) electrons. The lowest BCUT2D eigenvalue weighted by molar-refractivity contribution is 0.0991. The fourth-order valence-electron chi connectivity index (χ4n) is 1.92. The highest BCUT2D eigenvalue weighted by molar-refractivity contribution is 5.90. The van der Waals surface area contributed by atoms with E-state index < -0.39 is 5.91 Å². The van der Waals surface area contributed by atoms with Crippen molar-refractivity contribution in [3.63, 3.8) is 0 Å². The summed E-state index contributed by atoms with van der Waals surface area (Å²) in [5, 5.41) is 0. The maximum atomic E-state index is 11.1. The van der Waals surface area contributed by atoms with Gasteiger partial charge in [-0.15, -0.1) is 0 Å². The number of rotatable bonds is 4. The SMILES string of the molecule is COc1cc(C)c(-c2cnc(C(N)=O)[nH]2)c(OC)c1. The molecule has 2 aromatic rings. The molecule has 6 heteroatoms. The van der Waals surface area contributed by atoms with Gasteiger partial charge in [0.25, 0.3) is 5.91 Å². The number of nitrogens with zero attached hydrogens (tertiary/aromatic N) is 1. The first-order valence-electron chi connectivity index (χ1n) is 5.64. The van der Waals surface area contributed by atoms with Crippen molar-refractivity contribution in [2.24, 2.45) is 5.73 Å². The Morgan fingerprint density at radius 2 is 2.05 bits per heavy atom. The van der Waals surface area contributed by atoms with Crippen molar-refractivity contribution < 1.29 is 14.3 Å². The van der Waals surface area contributed by atoms with Crippen molar-refractivity contribution in [2.45, 2.75) is 6.92 Å². The van der Waals surface area contributed by atoms with Crippen LogP contribution in [-0.4, -0.2) is 30.1 Å². The lowest BCUT2D eigenvalue weighted by Crippen LogP contribution is -2.12. The van der Waals surface area contributed by atoms with Crippen molar-refractivity contribution in [2.75, 3.05) is 14.2 Å². The number of carbonyl (C=O) groups excluding carboxylic acids is 1. The Balaban J connectivity index is 2.56. The second-order valence-electron chi connectivity index (χ2n) is 4.03. The van der Waals surface area contributed by atoms with Crippen molar-refractivity contribution in [3.05, 3.63) is 29.7 Å². The van der Waals surface area contributed by atoms with E-state index in [-0.39, 0.29) is 5.82 Å². The van der Waals surface area contributed by atoms with Gasteiger partial charge in [0.05, 0.1) is 26.1 Å². The topological polar surface area (TPSA) is 90.2 Å². The zero-order valence-electron chi connectivity index (χ0n) is 11.0. The number of aromatic amines is 1. The quantitative estimate of drug-likeness (QED) is 0.872. The molecule has 1 amide bonds. The zero-order chi connectivity index (χ0) is 14.0. The number of methoxy groups -OCH3 is 2. The maximum absolute atomic E-state index is 11.1. The first kappa shape index (κ1) is 12.9. The average Bonchev–Trinajstić information content (AvgIpc) is 2.86. The summed E-state index contributed by atoms with van der Waals surface area (Å²) in [6.45, 7) is 1.92. The van der Waals surface area contributed by atoms with Crippen LogP contribution in [0.2, 0.25) is 0 Å². The highest BCUT2D eigenvalue weighted by Crippen LogP contribution is 2.35. The second-order valence-corrected chi connectivity index (χ2v) is 4.03. The summed E-state index contributed by atoms with van der Waals surface area (Å²) in [7, 11) is 3.17. The van der Waals surface area contributed by atoms with Gasteiger partial charge in [0.2, 0.25) is 0 Å². The van der Waals surface area contributed by atoms with E-state index in [2.05, 4.69) is 9.97 Å². The molecule has 0 aliphatic heterocycles. The van der Waals surface area contributed by atoms with Gasteiger partial charge in [-0.1, -0.05) is 0 Å². The summed E-state index contributed by atoms with van der Waals surface area (Å²) in [4.78, 5) is 17.9. The van der Waals surface area contributed by atoms with Crippen LogP contribution in [0.15, 0.2) is 18.3 Å². The second kappa shape index (κ2) is 5.01. The molecule has 1 aromatic heterocycles. The number of amides is 1. The maximum Gasteiger partial charge on any atom is 0.284 e. The Kier molecular flexibility index (Phi) is 3.41. The highest BCUT2D eigenvalue weighted by atomic mass is 16.5. The molecule has 0 atom stereocenters.